The van der Waals surface area contributed by atoms with Crippen LogP contribution < -0.4 is 9.47 Å². The van der Waals surface area contributed by atoms with Gasteiger partial charge in [-0.15, -0.1) is 0 Å². The molecule has 2 aromatic carbocycles. The van der Waals surface area contributed by atoms with Gasteiger partial charge in [-0.3, -0.25) is 0 Å². The SMILES string of the molecule is CCN(CC)c1ccc(/C=C/c2cc[n+](C)c3ccccc23)c(O)c1. The van der Waals surface area contributed by atoms with Gasteiger partial charge in [0.25, 0.3) is 0 Å². The Morgan fingerprint density at radius 1 is 0.960 bits per heavy atom. The van der Waals surface area contributed by atoms with Crippen LogP contribution in [-0.4, -0.2) is 18.2 Å². The molecule has 0 unspecified atom stereocenters. The standard InChI is InChI=1S/C22H24N2O/c1-4-24(5-2)19-13-12-18(22(25)16-19)11-10-17-14-15-23(3)21-9-7-6-8-20(17)21/h6-16H,4-5H2,1-3H3/p+1. The smallest absolute Gasteiger partial charge is 0.212 e. The lowest BCUT2D eigenvalue weighted by molar-refractivity contribution is -0.644. The number of phenols is 1. The second-order valence-electron chi connectivity index (χ2n) is 6.15. The van der Waals surface area contributed by atoms with Gasteiger partial charge in [-0.25, -0.2) is 4.57 Å². The van der Waals surface area contributed by atoms with Gasteiger partial charge in [0.15, 0.2) is 6.20 Å². The van der Waals surface area contributed by atoms with Crippen LogP contribution in [0.25, 0.3) is 23.1 Å². The first-order chi connectivity index (χ1) is 12.1. The molecule has 0 radical (unpaired) electrons. The van der Waals surface area contributed by atoms with Gasteiger partial charge in [0.05, 0.1) is 5.39 Å². The third kappa shape index (κ3) is 3.50. The Morgan fingerprint density at radius 3 is 2.40 bits per heavy atom. The first kappa shape index (κ1) is 17.0. The second kappa shape index (κ2) is 7.39. The molecule has 1 N–H and O–H groups in total. The van der Waals surface area contributed by atoms with Gasteiger partial charge in [-0.05, 0) is 37.6 Å². The molecule has 0 saturated carbocycles. The van der Waals surface area contributed by atoms with E-state index >= 15 is 0 Å². The molecule has 128 valence electrons. The molecule has 0 spiro atoms. The van der Waals surface area contributed by atoms with Crippen molar-refractivity contribution >= 4 is 28.7 Å². The number of rotatable bonds is 5. The molecule has 0 fully saturated rings. The third-order valence-corrected chi connectivity index (χ3v) is 4.66. The Morgan fingerprint density at radius 2 is 1.68 bits per heavy atom. The number of aromatic nitrogens is 1. The van der Waals surface area contributed by atoms with Gasteiger partial charge in [0, 0.05) is 42.5 Å². The molecule has 1 aromatic heterocycles. The van der Waals surface area contributed by atoms with Crippen molar-refractivity contribution in [1.29, 1.82) is 0 Å². The van der Waals surface area contributed by atoms with Crippen LogP contribution in [0.1, 0.15) is 25.0 Å². The molecule has 0 aliphatic rings. The van der Waals surface area contributed by atoms with E-state index in [1.54, 1.807) is 0 Å². The Bertz CT molecular complexity index is 911. The van der Waals surface area contributed by atoms with Crippen molar-refractivity contribution in [3.8, 4) is 5.75 Å². The van der Waals surface area contributed by atoms with Crippen molar-refractivity contribution in [2.45, 2.75) is 13.8 Å². The van der Waals surface area contributed by atoms with Crippen LogP contribution in [0.15, 0.2) is 54.7 Å². The van der Waals surface area contributed by atoms with E-state index in [2.05, 4.69) is 65.9 Å². The first-order valence-electron chi connectivity index (χ1n) is 8.77. The van der Waals surface area contributed by atoms with Crippen LogP contribution in [0.2, 0.25) is 0 Å². The van der Waals surface area contributed by atoms with E-state index in [0.29, 0.717) is 5.75 Å². The molecule has 1 heterocycles. The number of benzene rings is 2. The van der Waals surface area contributed by atoms with Crippen LogP contribution in [0.4, 0.5) is 5.69 Å². The van der Waals surface area contributed by atoms with Crippen LogP contribution in [-0.2, 0) is 7.05 Å². The van der Waals surface area contributed by atoms with Crippen molar-refractivity contribution in [3.63, 3.8) is 0 Å². The minimum atomic E-state index is 0.312. The molecule has 0 aliphatic heterocycles. The number of nitrogens with zero attached hydrogens (tertiary/aromatic N) is 2. The fourth-order valence-corrected chi connectivity index (χ4v) is 3.17. The number of aromatic hydroxyl groups is 1. The topological polar surface area (TPSA) is 27.4 Å². The lowest BCUT2D eigenvalue weighted by Crippen LogP contribution is -2.28. The van der Waals surface area contributed by atoms with Crippen LogP contribution >= 0.6 is 0 Å². The number of hydrogen-bond acceptors (Lipinski definition) is 2. The number of phenolic OH excluding ortho intramolecular Hbond substituents is 1. The molecule has 0 saturated heterocycles. The molecule has 0 bridgehead atoms. The number of pyridine rings is 1. The maximum Gasteiger partial charge on any atom is 0.212 e. The molecule has 3 heteroatoms. The van der Waals surface area contributed by atoms with Crippen molar-refractivity contribution in [2.24, 2.45) is 7.05 Å². The van der Waals surface area contributed by atoms with Gasteiger partial charge in [0.2, 0.25) is 5.52 Å². The third-order valence-electron chi connectivity index (χ3n) is 4.66. The Balaban J connectivity index is 1.94. The number of hydrogen-bond donors (Lipinski definition) is 1. The van der Waals surface area contributed by atoms with E-state index in [1.165, 1.54) is 10.9 Å². The van der Waals surface area contributed by atoms with Gasteiger partial charge in [-0.2, -0.15) is 0 Å². The highest BCUT2D eigenvalue weighted by Crippen LogP contribution is 2.27. The number of anilines is 1. The van der Waals surface area contributed by atoms with Crippen molar-refractivity contribution in [2.75, 3.05) is 18.0 Å². The van der Waals surface area contributed by atoms with E-state index in [-0.39, 0.29) is 0 Å². The van der Waals surface area contributed by atoms with E-state index in [1.807, 2.05) is 31.3 Å². The van der Waals surface area contributed by atoms with E-state index in [9.17, 15) is 5.11 Å². The molecule has 25 heavy (non-hydrogen) atoms. The molecular formula is C22H25N2O+. The van der Waals surface area contributed by atoms with E-state index in [0.717, 1.165) is 29.9 Å². The summed E-state index contributed by atoms with van der Waals surface area (Å²) in [5.41, 5.74) is 4.21. The number of aryl methyl sites for hydroxylation is 1. The summed E-state index contributed by atoms with van der Waals surface area (Å²) in [6, 6.07) is 16.3. The summed E-state index contributed by atoms with van der Waals surface area (Å²) in [5.74, 6) is 0.312. The summed E-state index contributed by atoms with van der Waals surface area (Å²) in [4.78, 5) is 2.22. The summed E-state index contributed by atoms with van der Waals surface area (Å²) in [5, 5.41) is 11.6. The van der Waals surface area contributed by atoms with Crippen molar-refractivity contribution in [3.05, 3.63) is 65.9 Å². The highest BCUT2D eigenvalue weighted by atomic mass is 16.3. The maximum absolute atomic E-state index is 10.4. The second-order valence-corrected chi connectivity index (χ2v) is 6.15. The predicted molar refractivity (Wildman–Crippen MR) is 106 cm³/mol. The lowest BCUT2D eigenvalue weighted by atomic mass is 10.1. The van der Waals surface area contributed by atoms with Crippen LogP contribution in [0.3, 0.4) is 0 Å². The Hall–Kier alpha value is -2.81. The maximum atomic E-state index is 10.4. The van der Waals surface area contributed by atoms with E-state index in [4.69, 9.17) is 0 Å². The fraction of sp³-hybridized carbons (Fsp3) is 0.227. The quantitative estimate of drug-likeness (QED) is 0.701. The van der Waals surface area contributed by atoms with Crippen LogP contribution in [0, 0.1) is 0 Å². The van der Waals surface area contributed by atoms with Crippen LogP contribution in [0.5, 0.6) is 5.75 Å². The summed E-state index contributed by atoms with van der Waals surface area (Å²) >= 11 is 0. The molecule has 3 aromatic rings. The number of para-hydroxylation sites is 1. The molecule has 0 amide bonds. The first-order valence-corrected chi connectivity index (χ1v) is 8.77. The summed E-state index contributed by atoms with van der Waals surface area (Å²) in [7, 11) is 2.05. The van der Waals surface area contributed by atoms with Crippen molar-refractivity contribution < 1.29 is 9.67 Å². The van der Waals surface area contributed by atoms with Gasteiger partial charge in [-0.1, -0.05) is 24.3 Å². The monoisotopic (exact) mass is 333 g/mol. The Kier molecular flexibility index (Phi) is 5.03. The molecule has 0 atom stereocenters. The van der Waals surface area contributed by atoms with Gasteiger partial charge >= 0.3 is 0 Å². The fourth-order valence-electron chi connectivity index (χ4n) is 3.17. The summed E-state index contributed by atoms with van der Waals surface area (Å²) in [6.45, 7) is 6.10. The average Bonchev–Trinajstić information content (AvgIpc) is 2.64. The zero-order chi connectivity index (χ0) is 17.8. The highest BCUT2D eigenvalue weighted by Gasteiger charge is 2.08. The zero-order valence-electron chi connectivity index (χ0n) is 15.1. The zero-order valence-corrected chi connectivity index (χ0v) is 15.1. The predicted octanol–water partition coefficient (Wildman–Crippen LogP) is 4.39. The molecule has 3 nitrogen and oxygen atoms in total. The number of fused-ring (bicyclic) bond motifs is 1. The average molecular weight is 333 g/mol. The summed E-state index contributed by atoms with van der Waals surface area (Å²) in [6.07, 6.45) is 6.10. The highest BCUT2D eigenvalue weighted by molar-refractivity contribution is 5.89. The summed E-state index contributed by atoms with van der Waals surface area (Å²) < 4.78 is 2.11. The molecular weight excluding hydrogens is 308 g/mol. The minimum Gasteiger partial charge on any atom is -0.507 e. The lowest BCUT2D eigenvalue weighted by Gasteiger charge is -2.21. The molecule has 3 rings (SSSR count). The Labute approximate surface area is 149 Å². The van der Waals surface area contributed by atoms with Crippen molar-refractivity contribution in [1.82, 2.24) is 0 Å². The molecule has 0 aliphatic carbocycles. The largest absolute Gasteiger partial charge is 0.507 e. The van der Waals surface area contributed by atoms with Gasteiger partial charge in [0.1, 0.15) is 12.8 Å². The van der Waals surface area contributed by atoms with Gasteiger partial charge < -0.3 is 10.0 Å². The van der Waals surface area contributed by atoms with E-state index < -0.39 is 0 Å². The normalized spacial score (nSPS) is 11.3. The minimum absolute atomic E-state index is 0.312.